The molecule has 0 amide bonds. The summed E-state index contributed by atoms with van der Waals surface area (Å²) in [5, 5.41) is 3.45. The van der Waals surface area contributed by atoms with Crippen molar-refractivity contribution < 1.29 is 0 Å². The van der Waals surface area contributed by atoms with Gasteiger partial charge in [0.2, 0.25) is 0 Å². The van der Waals surface area contributed by atoms with Crippen LogP contribution in [0.3, 0.4) is 0 Å². The van der Waals surface area contributed by atoms with Crippen LogP contribution in [0.25, 0.3) is 0 Å². The lowest BCUT2D eigenvalue weighted by molar-refractivity contribution is 0.265. The highest BCUT2D eigenvalue weighted by molar-refractivity contribution is 5.19. The molecule has 0 aromatic carbocycles. The molecule has 0 radical (unpaired) electrons. The van der Waals surface area contributed by atoms with Gasteiger partial charge in [0.25, 0.3) is 0 Å². The molecule has 1 aliphatic carbocycles. The number of nitrogens with zero attached hydrogens (tertiary/aromatic N) is 1. The van der Waals surface area contributed by atoms with Gasteiger partial charge in [0, 0.05) is 29.8 Å². The summed E-state index contributed by atoms with van der Waals surface area (Å²) in [7, 11) is 0. The minimum atomic E-state index is 0.396. The van der Waals surface area contributed by atoms with Crippen LogP contribution >= 0.6 is 0 Å². The van der Waals surface area contributed by atoms with Crippen LogP contribution in [0, 0.1) is 0 Å². The van der Waals surface area contributed by atoms with E-state index in [1.54, 1.807) is 0 Å². The third-order valence-corrected chi connectivity index (χ3v) is 4.39. The van der Waals surface area contributed by atoms with Gasteiger partial charge in [-0.05, 0) is 32.2 Å². The molecule has 2 heterocycles. The molecule has 2 fully saturated rings. The van der Waals surface area contributed by atoms with E-state index in [0.717, 1.165) is 6.54 Å². The normalized spacial score (nSPS) is 28.7. The molecule has 3 rings (SSSR count). The van der Waals surface area contributed by atoms with Gasteiger partial charge < -0.3 is 10.3 Å². The van der Waals surface area contributed by atoms with Gasteiger partial charge in [-0.25, -0.2) is 4.98 Å². The van der Waals surface area contributed by atoms with Crippen molar-refractivity contribution >= 4 is 0 Å². The molecule has 1 atom stereocenters. The number of aromatic nitrogens is 2. The Balaban J connectivity index is 1.76. The Morgan fingerprint density at radius 1 is 1.38 bits per heavy atom. The maximum absolute atomic E-state index is 4.59. The maximum Gasteiger partial charge on any atom is 0.110 e. The quantitative estimate of drug-likeness (QED) is 0.801. The summed E-state index contributed by atoms with van der Waals surface area (Å²) in [6.07, 6.45) is 8.63. The Morgan fingerprint density at radius 3 is 2.88 bits per heavy atom. The minimum Gasteiger partial charge on any atom is -0.345 e. The topological polar surface area (TPSA) is 40.7 Å². The third kappa shape index (κ3) is 1.67. The monoisotopic (exact) mass is 219 g/mol. The van der Waals surface area contributed by atoms with Crippen LogP contribution < -0.4 is 5.32 Å². The van der Waals surface area contributed by atoms with Crippen molar-refractivity contribution in [3.05, 3.63) is 17.7 Å². The summed E-state index contributed by atoms with van der Waals surface area (Å²) in [4.78, 5) is 8.17. The van der Waals surface area contributed by atoms with Crippen molar-refractivity contribution in [2.75, 3.05) is 13.1 Å². The number of hydrogen-bond donors (Lipinski definition) is 2. The van der Waals surface area contributed by atoms with E-state index in [9.17, 15) is 0 Å². The van der Waals surface area contributed by atoms with Crippen molar-refractivity contribution in [3.63, 3.8) is 0 Å². The van der Waals surface area contributed by atoms with Crippen molar-refractivity contribution in [1.82, 2.24) is 15.3 Å². The molecular weight excluding hydrogens is 198 g/mol. The molecule has 16 heavy (non-hydrogen) atoms. The first kappa shape index (κ1) is 10.3. The number of imidazole rings is 1. The van der Waals surface area contributed by atoms with Crippen LogP contribution in [0.2, 0.25) is 0 Å². The van der Waals surface area contributed by atoms with E-state index >= 15 is 0 Å². The second kappa shape index (κ2) is 3.88. The van der Waals surface area contributed by atoms with Crippen molar-refractivity contribution in [2.45, 2.75) is 50.4 Å². The SMILES string of the molecule is CC1(c2cnc(C3CCCNC3)[nH]2)CCC1. The third-order valence-electron chi connectivity index (χ3n) is 4.39. The number of nitrogens with one attached hydrogen (secondary N) is 2. The van der Waals surface area contributed by atoms with Gasteiger partial charge in [-0.2, -0.15) is 0 Å². The lowest BCUT2D eigenvalue weighted by atomic mass is 9.68. The maximum atomic E-state index is 4.59. The van der Waals surface area contributed by atoms with Crippen LogP contribution in [-0.4, -0.2) is 23.1 Å². The van der Waals surface area contributed by atoms with Crippen molar-refractivity contribution in [2.24, 2.45) is 0 Å². The van der Waals surface area contributed by atoms with Crippen molar-refractivity contribution in [3.8, 4) is 0 Å². The summed E-state index contributed by atoms with van der Waals surface area (Å²) in [5.41, 5.74) is 1.76. The molecule has 1 aromatic rings. The summed E-state index contributed by atoms with van der Waals surface area (Å²) >= 11 is 0. The fraction of sp³-hybridized carbons (Fsp3) is 0.769. The highest BCUT2D eigenvalue weighted by Crippen LogP contribution is 2.42. The highest BCUT2D eigenvalue weighted by Gasteiger charge is 2.35. The summed E-state index contributed by atoms with van der Waals surface area (Å²) in [6.45, 7) is 4.61. The summed E-state index contributed by atoms with van der Waals surface area (Å²) in [5.74, 6) is 1.81. The molecule has 2 aliphatic rings. The molecule has 3 heteroatoms. The molecular formula is C13H21N3. The van der Waals surface area contributed by atoms with E-state index in [4.69, 9.17) is 0 Å². The fourth-order valence-corrected chi connectivity index (χ4v) is 2.91. The van der Waals surface area contributed by atoms with Crippen LogP contribution in [0.4, 0.5) is 0 Å². The lowest BCUT2D eigenvalue weighted by Crippen LogP contribution is -2.31. The average molecular weight is 219 g/mol. The fourth-order valence-electron chi connectivity index (χ4n) is 2.91. The standard InChI is InChI=1S/C13H21N3/c1-13(5-3-6-13)11-9-15-12(16-11)10-4-2-7-14-8-10/h9-10,14H,2-8H2,1H3,(H,15,16). The van der Waals surface area contributed by atoms with Gasteiger partial charge in [0.05, 0.1) is 0 Å². The van der Waals surface area contributed by atoms with Crippen LogP contribution in [0.5, 0.6) is 0 Å². The van der Waals surface area contributed by atoms with Crippen LogP contribution in [0.1, 0.15) is 56.5 Å². The smallest absolute Gasteiger partial charge is 0.110 e. The molecule has 2 N–H and O–H groups in total. The predicted molar refractivity (Wildman–Crippen MR) is 64.6 cm³/mol. The Bertz CT molecular complexity index is 359. The Labute approximate surface area is 97.0 Å². The minimum absolute atomic E-state index is 0.396. The van der Waals surface area contributed by atoms with Crippen LogP contribution in [-0.2, 0) is 5.41 Å². The van der Waals surface area contributed by atoms with Gasteiger partial charge in [0.1, 0.15) is 5.82 Å². The molecule has 1 unspecified atom stereocenters. The highest BCUT2D eigenvalue weighted by atomic mass is 15.0. The molecule has 1 saturated heterocycles. The van der Waals surface area contributed by atoms with Gasteiger partial charge in [0.15, 0.2) is 0 Å². The summed E-state index contributed by atoms with van der Waals surface area (Å²) < 4.78 is 0. The Morgan fingerprint density at radius 2 is 2.25 bits per heavy atom. The van der Waals surface area contributed by atoms with Gasteiger partial charge >= 0.3 is 0 Å². The first-order valence-electron chi connectivity index (χ1n) is 6.54. The van der Waals surface area contributed by atoms with E-state index in [0.29, 0.717) is 11.3 Å². The van der Waals surface area contributed by atoms with Crippen LogP contribution in [0.15, 0.2) is 6.20 Å². The molecule has 0 spiro atoms. The average Bonchev–Trinajstić information content (AvgIpc) is 2.77. The molecule has 1 aromatic heterocycles. The molecule has 3 nitrogen and oxygen atoms in total. The lowest BCUT2D eigenvalue weighted by Gasteiger charge is -2.37. The van der Waals surface area contributed by atoms with Crippen molar-refractivity contribution in [1.29, 1.82) is 0 Å². The van der Waals surface area contributed by atoms with Gasteiger partial charge in [-0.1, -0.05) is 13.3 Å². The van der Waals surface area contributed by atoms with E-state index < -0.39 is 0 Å². The zero-order chi connectivity index (χ0) is 11.0. The van der Waals surface area contributed by atoms with Gasteiger partial charge in [-0.3, -0.25) is 0 Å². The molecule has 1 aliphatic heterocycles. The number of aromatic amines is 1. The molecule has 1 saturated carbocycles. The Hall–Kier alpha value is -0.830. The molecule has 0 bridgehead atoms. The first-order valence-corrected chi connectivity index (χ1v) is 6.54. The summed E-state index contributed by atoms with van der Waals surface area (Å²) in [6, 6.07) is 0. The number of piperidine rings is 1. The van der Waals surface area contributed by atoms with Gasteiger partial charge in [-0.15, -0.1) is 0 Å². The number of H-pyrrole nitrogens is 1. The second-order valence-electron chi connectivity index (χ2n) is 5.64. The zero-order valence-electron chi connectivity index (χ0n) is 10.1. The number of hydrogen-bond acceptors (Lipinski definition) is 2. The Kier molecular flexibility index (Phi) is 2.51. The van der Waals surface area contributed by atoms with E-state index in [-0.39, 0.29) is 0 Å². The molecule has 88 valence electrons. The van der Waals surface area contributed by atoms with E-state index in [2.05, 4.69) is 28.4 Å². The predicted octanol–water partition coefficient (Wildman–Crippen LogP) is 2.32. The number of rotatable bonds is 2. The second-order valence-corrected chi connectivity index (χ2v) is 5.64. The van der Waals surface area contributed by atoms with E-state index in [1.165, 1.54) is 50.2 Å². The first-order chi connectivity index (χ1) is 7.78. The largest absolute Gasteiger partial charge is 0.345 e. The zero-order valence-corrected chi connectivity index (χ0v) is 10.1. The van der Waals surface area contributed by atoms with E-state index in [1.807, 2.05) is 0 Å².